The molecular weight excluding hydrogens is 360 g/mol. The van der Waals surface area contributed by atoms with Gasteiger partial charge in [-0.3, -0.25) is 9.59 Å². The van der Waals surface area contributed by atoms with Gasteiger partial charge in [0.1, 0.15) is 17.3 Å². The van der Waals surface area contributed by atoms with E-state index in [0.29, 0.717) is 34.5 Å². The van der Waals surface area contributed by atoms with Crippen molar-refractivity contribution in [1.29, 1.82) is 0 Å². The van der Waals surface area contributed by atoms with E-state index in [4.69, 9.17) is 25.5 Å². The molecule has 0 spiro atoms. The Labute approximate surface area is 156 Å². The number of furan rings is 1. The molecule has 0 atom stereocenters. The zero-order valence-corrected chi connectivity index (χ0v) is 15.6. The van der Waals surface area contributed by atoms with Gasteiger partial charge in [-0.1, -0.05) is 11.6 Å². The van der Waals surface area contributed by atoms with Crippen molar-refractivity contribution in [3.05, 3.63) is 41.3 Å². The molecule has 0 aliphatic carbocycles. The molecule has 0 saturated heterocycles. The third kappa shape index (κ3) is 5.16. The topological polar surface area (TPSA) is 81.0 Å². The number of carbonyl (C=O) groups is 2. The fraction of sp³-hybridized carbons (Fsp3) is 0.333. The molecule has 1 aromatic heterocycles. The SMILES string of the molecule is COc1cc(NC(=O)CCN(Cc2ccco2)C(C)=O)c(OC)cc1Cl. The summed E-state index contributed by atoms with van der Waals surface area (Å²) in [4.78, 5) is 25.6. The summed E-state index contributed by atoms with van der Waals surface area (Å²) >= 11 is 6.05. The molecular formula is C18H21ClN2O5. The van der Waals surface area contributed by atoms with Crippen LogP contribution in [0.3, 0.4) is 0 Å². The number of benzene rings is 1. The van der Waals surface area contributed by atoms with Gasteiger partial charge in [-0.05, 0) is 12.1 Å². The van der Waals surface area contributed by atoms with Gasteiger partial charge in [0.15, 0.2) is 0 Å². The molecule has 140 valence electrons. The van der Waals surface area contributed by atoms with E-state index >= 15 is 0 Å². The molecule has 8 heteroatoms. The van der Waals surface area contributed by atoms with Gasteiger partial charge in [-0.2, -0.15) is 0 Å². The molecule has 2 rings (SSSR count). The number of hydrogen-bond acceptors (Lipinski definition) is 5. The summed E-state index contributed by atoms with van der Waals surface area (Å²) in [5, 5.41) is 3.13. The second-order valence-electron chi connectivity index (χ2n) is 5.51. The zero-order valence-electron chi connectivity index (χ0n) is 14.9. The van der Waals surface area contributed by atoms with Crippen LogP contribution >= 0.6 is 11.6 Å². The number of rotatable bonds is 8. The number of amides is 2. The molecule has 1 aromatic carbocycles. The van der Waals surface area contributed by atoms with Crippen LogP contribution in [0.1, 0.15) is 19.1 Å². The highest BCUT2D eigenvalue weighted by Gasteiger charge is 2.16. The summed E-state index contributed by atoms with van der Waals surface area (Å²) in [6, 6.07) is 6.68. The van der Waals surface area contributed by atoms with E-state index in [2.05, 4.69) is 5.32 Å². The number of anilines is 1. The van der Waals surface area contributed by atoms with Crippen LogP contribution in [0.15, 0.2) is 34.9 Å². The number of carbonyl (C=O) groups excluding carboxylic acids is 2. The van der Waals surface area contributed by atoms with Crippen molar-refractivity contribution in [1.82, 2.24) is 4.90 Å². The molecule has 0 saturated carbocycles. The van der Waals surface area contributed by atoms with E-state index in [0.717, 1.165) is 0 Å². The molecule has 0 unspecified atom stereocenters. The Bertz CT molecular complexity index is 761. The first kappa shape index (κ1) is 19.7. The van der Waals surface area contributed by atoms with Gasteiger partial charge in [0.05, 0.1) is 37.7 Å². The summed E-state index contributed by atoms with van der Waals surface area (Å²) < 4.78 is 15.6. The van der Waals surface area contributed by atoms with Crippen molar-refractivity contribution in [2.45, 2.75) is 19.9 Å². The average molecular weight is 381 g/mol. The quantitative estimate of drug-likeness (QED) is 0.759. The smallest absolute Gasteiger partial charge is 0.226 e. The van der Waals surface area contributed by atoms with Crippen molar-refractivity contribution in [3.8, 4) is 11.5 Å². The molecule has 0 aliphatic heterocycles. The highest BCUT2D eigenvalue weighted by molar-refractivity contribution is 6.32. The summed E-state index contributed by atoms with van der Waals surface area (Å²) in [7, 11) is 2.97. The number of methoxy groups -OCH3 is 2. The fourth-order valence-electron chi connectivity index (χ4n) is 2.35. The van der Waals surface area contributed by atoms with E-state index < -0.39 is 0 Å². The van der Waals surface area contributed by atoms with Crippen LogP contribution in [0.5, 0.6) is 11.5 Å². The van der Waals surface area contributed by atoms with E-state index in [1.807, 2.05) is 0 Å². The van der Waals surface area contributed by atoms with Crippen LogP contribution in [0.2, 0.25) is 5.02 Å². The maximum absolute atomic E-state index is 12.3. The molecule has 0 fully saturated rings. The van der Waals surface area contributed by atoms with Crippen molar-refractivity contribution in [2.24, 2.45) is 0 Å². The summed E-state index contributed by atoms with van der Waals surface area (Å²) in [5.41, 5.74) is 0.444. The predicted octanol–water partition coefficient (Wildman–Crippen LogP) is 3.33. The van der Waals surface area contributed by atoms with Gasteiger partial charge in [0.25, 0.3) is 0 Å². The molecule has 7 nitrogen and oxygen atoms in total. The van der Waals surface area contributed by atoms with Crippen LogP contribution < -0.4 is 14.8 Å². The Hall–Kier alpha value is -2.67. The maximum Gasteiger partial charge on any atom is 0.226 e. The Kier molecular flexibility index (Phi) is 6.91. The fourth-order valence-corrected chi connectivity index (χ4v) is 2.58. The second kappa shape index (κ2) is 9.15. The number of halogens is 1. The second-order valence-corrected chi connectivity index (χ2v) is 5.91. The number of nitrogens with zero attached hydrogens (tertiary/aromatic N) is 1. The third-order valence-electron chi connectivity index (χ3n) is 3.73. The zero-order chi connectivity index (χ0) is 19.1. The molecule has 0 radical (unpaired) electrons. The Morgan fingerprint density at radius 2 is 1.96 bits per heavy atom. The average Bonchev–Trinajstić information content (AvgIpc) is 3.12. The minimum Gasteiger partial charge on any atom is -0.495 e. The monoisotopic (exact) mass is 380 g/mol. The van der Waals surface area contributed by atoms with Crippen LogP contribution in [0, 0.1) is 0 Å². The molecule has 1 heterocycles. The molecule has 0 aliphatic rings. The van der Waals surface area contributed by atoms with Gasteiger partial charge in [-0.15, -0.1) is 0 Å². The van der Waals surface area contributed by atoms with Crippen molar-refractivity contribution in [2.75, 3.05) is 26.1 Å². The summed E-state index contributed by atoms with van der Waals surface area (Å²) in [6.45, 7) is 2.02. The van der Waals surface area contributed by atoms with Crippen molar-refractivity contribution in [3.63, 3.8) is 0 Å². The maximum atomic E-state index is 12.3. The molecule has 2 amide bonds. The van der Waals surface area contributed by atoms with Crippen LogP contribution in [0.25, 0.3) is 0 Å². The van der Waals surface area contributed by atoms with Gasteiger partial charge in [-0.25, -0.2) is 0 Å². The molecule has 1 N–H and O–H groups in total. The van der Waals surface area contributed by atoms with Gasteiger partial charge >= 0.3 is 0 Å². The summed E-state index contributed by atoms with van der Waals surface area (Å²) in [5.74, 6) is 1.09. The van der Waals surface area contributed by atoms with Crippen molar-refractivity contribution >= 4 is 29.1 Å². The normalized spacial score (nSPS) is 10.3. The lowest BCUT2D eigenvalue weighted by Crippen LogP contribution is -2.31. The molecule has 2 aromatic rings. The highest BCUT2D eigenvalue weighted by atomic mass is 35.5. The first-order valence-electron chi connectivity index (χ1n) is 7.94. The Morgan fingerprint density at radius 3 is 2.54 bits per heavy atom. The lowest BCUT2D eigenvalue weighted by molar-refractivity contribution is -0.130. The van der Waals surface area contributed by atoms with Crippen molar-refractivity contribution < 1.29 is 23.5 Å². The molecule has 26 heavy (non-hydrogen) atoms. The van der Waals surface area contributed by atoms with Gasteiger partial charge < -0.3 is 24.1 Å². The van der Waals surface area contributed by atoms with Gasteiger partial charge in [0.2, 0.25) is 11.8 Å². The first-order valence-corrected chi connectivity index (χ1v) is 8.31. The van der Waals surface area contributed by atoms with Crippen LogP contribution in [-0.4, -0.2) is 37.5 Å². The number of nitrogens with one attached hydrogen (secondary N) is 1. The summed E-state index contributed by atoms with van der Waals surface area (Å²) in [6.07, 6.45) is 1.66. The lowest BCUT2D eigenvalue weighted by Gasteiger charge is -2.20. The first-order chi connectivity index (χ1) is 12.4. The van der Waals surface area contributed by atoms with Gasteiger partial charge in [0, 0.05) is 32.0 Å². The third-order valence-corrected chi connectivity index (χ3v) is 4.02. The van der Waals surface area contributed by atoms with E-state index in [1.54, 1.807) is 30.5 Å². The highest BCUT2D eigenvalue weighted by Crippen LogP contribution is 2.35. The lowest BCUT2D eigenvalue weighted by atomic mass is 10.2. The standard InChI is InChI=1S/C18H21ClN2O5/c1-12(22)21(11-13-5-4-8-26-13)7-6-18(23)20-15-10-16(24-2)14(19)9-17(15)25-3/h4-5,8-10H,6-7,11H2,1-3H3,(H,20,23). The Morgan fingerprint density at radius 1 is 1.23 bits per heavy atom. The number of ether oxygens (including phenoxy) is 2. The minimum absolute atomic E-state index is 0.119. The van der Waals surface area contributed by atoms with E-state index in [-0.39, 0.29) is 24.8 Å². The largest absolute Gasteiger partial charge is 0.495 e. The van der Waals surface area contributed by atoms with Crippen LogP contribution in [0.4, 0.5) is 5.69 Å². The van der Waals surface area contributed by atoms with Crippen LogP contribution in [-0.2, 0) is 16.1 Å². The Balaban J connectivity index is 2.00. The van der Waals surface area contributed by atoms with E-state index in [1.165, 1.54) is 26.0 Å². The number of hydrogen-bond donors (Lipinski definition) is 1. The molecule has 0 bridgehead atoms. The predicted molar refractivity (Wildman–Crippen MR) is 97.6 cm³/mol. The minimum atomic E-state index is -0.265. The van der Waals surface area contributed by atoms with E-state index in [9.17, 15) is 9.59 Å².